The quantitative estimate of drug-likeness (QED) is 0.0615. The minimum atomic E-state index is 0.234. The van der Waals surface area contributed by atoms with Crippen LogP contribution in [0, 0.1) is 0 Å². The molecule has 9 aromatic rings. The van der Waals surface area contributed by atoms with Gasteiger partial charge in [-0.15, -0.1) is 0 Å². The Morgan fingerprint density at radius 1 is 0.404 bits per heavy atom. The Hall–Kier alpha value is -10.5. The summed E-state index contributed by atoms with van der Waals surface area (Å²) in [6.07, 6.45) is 28.2. The third-order valence-corrected chi connectivity index (χ3v) is 18.7. The van der Waals surface area contributed by atoms with Crippen LogP contribution in [0.3, 0.4) is 0 Å². The number of allylic oxidation sites excluding steroid dienone is 3. The van der Waals surface area contributed by atoms with E-state index in [-0.39, 0.29) is 12.1 Å². The van der Waals surface area contributed by atoms with Crippen molar-refractivity contribution in [2.45, 2.75) is 70.9 Å². The minimum Gasteiger partial charge on any atom is -0.382 e. The van der Waals surface area contributed by atoms with Crippen molar-refractivity contribution in [3.8, 4) is 0 Å². The summed E-state index contributed by atoms with van der Waals surface area (Å²) < 4.78 is 16.5. The second-order valence-electron chi connectivity index (χ2n) is 25.8. The maximum Gasteiger partial charge on any atom is 0.174 e. The van der Waals surface area contributed by atoms with Gasteiger partial charge in [0.2, 0.25) is 0 Å². The number of benzene rings is 3. The van der Waals surface area contributed by atoms with Crippen molar-refractivity contribution in [3.63, 3.8) is 0 Å². The van der Waals surface area contributed by atoms with Gasteiger partial charge in [-0.1, -0.05) is 136 Å². The molecule has 0 saturated carbocycles. The second kappa shape index (κ2) is 32.2. The molecule has 99 heavy (non-hydrogen) atoms. The zero-order valence-electron chi connectivity index (χ0n) is 57.0. The molecule has 3 aromatic carbocycles. The summed E-state index contributed by atoms with van der Waals surface area (Å²) in [5, 5.41) is 10.3. The average molecular weight is 1320 g/mol. The van der Waals surface area contributed by atoms with E-state index < -0.39 is 0 Å². The molecule has 0 radical (unpaired) electrons. The molecule has 3 saturated heterocycles. The molecule has 18 nitrogen and oxygen atoms in total. The van der Waals surface area contributed by atoms with Crippen molar-refractivity contribution in [1.29, 1.82) is 0 Å². The highest BCUT2D eigenvalue weighted by atomic mass is 16.5. The van der Waals surface area contributed by atoms with Gasteiger partial charge in [0.05, 0.1) is 109 Å². The number of pyridine rings is 3. The number of anilines is 3. The fraction of sp³-hybridized carbons (Fsp3) is 0.296. The highest BCUT2D eigenvalue weighted by Gasteiger charge is 2.25. The molecule has 0 bridgehead atoms. The summed E-state index contributed by atoms with van der Waals surface area (Å²) in [5.41, 5.74) is 22.8. The first-order valence-corrected chi connectivity index (χ1v) is 34.5. The SMILES string of the molecule is C=C(NC[C@@H](C)c1ccccc1)c1ncc(C2=CCc3ncc(N4CCOCC4)cc32)cn1.C=C(N[C@@H](C)Cc1ccccc1)c1ncc(C2=CCc3ncc(N4CCOCC4)cc32)cn1.C=C(N[C@H](C)Cc1ccccc1)c1ncc(C2=CCc3ncc(N4CCOCC4)cc32)cn1. The maximum absolute atomic E-state index is 5.49. The predicted molar refractivity (Wildman–Crippen MR) is 396 cm³/mol. The molecule has 6 aliphatic rings. The Balaban J connectivity index is 0.000000133. The van der Waals surface area contributed by atoms with Crippen LogP contribution in [0.25, 0.3) is 33.8 Å². The number of hydrogen-bond donors (Lipinski definition) is 3. The van der Waals surface area contributed by atoms with Crippen molar-refractivity contribution in [2.75, 3.05) is 100 Å². The number of rotatable bonds is 21. The molecule has 0 unspecified atom stereocenters. The summed E-state index contributed by atoms with van der Waals surface area (Å²) in [6, 6.07) is 38.5. The van der Waals surface area contributed by atoms with Gasteiger partial charge in [0, 0.05) is 148 Å². The zero-order valence-corrected chi connectivity index (χ0v) is 57.0. The first-order chi connectivity index (χ1) is 48.5. The summed E-state index contributed by atoms with van der Waals surface area (Å²) in [4.78, 5) is 48.8. The zero-order chi connectivity index (χ0) is 67.9. The van der Waals surface area contributed by atoms with Crippen LogP contribution in [-0.2, 0) is 46.3 Å². The third-order valence-electron chi connectivity index (χ3n) is 18.7. The molecule has 15 rings (SSSR count). The van der Waals surface area contributed by atoms with Crippen molar-refractivity contribution in [1.82, 2.24) is 60.8 Å². The van der Waals surface area contributed by atoms with E-state index >= 15 is 0 Å². The van der Waals surface area contributed by atoms with Crippen LogP contribution >= 0.6 is 0 Å². The maximum atomic E-state index is 5.49. The monoisotopic (exact) mass is 1320 g/mol. The summed E-state index contributed by atoms with van der Waals surface area (Å²) in [5.74, 6) is 2.24. The molecule has 6 aromatic heterocycles. The highest BCUT2D eigenvalue weighted by Crippen LogP contribution is 2.37. The van der Waals surface area contributed by atoms with E-state index in [0.29, 0.717) is 23.4 Å². The molecule has 0 amide bonds. The Bertz CT molecular complexity index is 4150. The van der Waals surface area contributed by atoms with Crippen molar-refractivity contribution in [2.24, 2.45) is 0 Å². The number of morpholine rings is 3. The summed E-state index contributed by atoms with van der Waals surface area (Å²) in [6.45, 7) is 29.7. The van der Waals surface area contributed by atoms with Crippen LogP contribution < -0.4 is 30.7 Å². The molecule has 18 heteroatoms. The molecule has 3 fully saturated rings. The number of ether oxygens (including phenoxy) is 3. The van der Waals surface area contributed by atoms with Crippen molar-refractivity contribution >= 4 is 50.9 Å². The number of fused-ring (bicyclic) bond motifs is 3. The van der Waals surface area contributed by atoms with E-state index in [1.54, 1.807) is 0 Å². The van der Waals surface area contributed by atoms with Gasteiger partial charge in [-0.25, -0.2) is 29.9 Å². The fourth-order valence-corrected chi connectivity index (χ4v) is 13.2. The van der Waals surface area contributed by atoms with Crippen LogP contribution in [0.4, 0.5) is 17.1 Å². The average Bonchev–Trinajstić information content (AvgIpc) is 1.77. The van der Waals surface area contributed by atoms with E-state index in [1.165, 1.54) is 33.4 Å². The van der Waals surface area contributed by atoms with Crippen LogP contribution in [0.2, 0.25) is 0 Å². The molecular formula is C81H87N15O3. The van der Waals surface area contributed by atoms with E-state index in [2.05, 4.69) is 210 Å². The van der Waals surface area contributed by atoms with Gasteiger partial charge < -0.3 is 44.9 Å². The van der Waals surface area contributed by atoms with Crippen molar-refractivity contribution in [3.05, 3.63) is 288 Å². The Labute approximate surface area is 581 Å². The summed E-state index contributed by atoms with van der Waals surface area (Å²) >= 11 is 0. The smallest absolute Gasteiger partial charge is 0.174 e. The van der Waals surface area contributed by atoms with E-state index in [9.17, 15) is 0 Å². The molecule has 9 heterocycles. The molecule has 504 valence electrons. The number of nitrogens with one attached hydrogen (secondary N) is 3. The van der Waals surface area contributed by atoms with Crippen LogP contribution in [0.1, 0.15) is 111 Å². The standard InChI is InChI=1S/3C27H29N5O/c1-19(21-6-4-3-5-7-21)15-28-20(2)27-30-16-22(17-31-27)24-8-9-26-25(24)14-23(18-29-26)32-10-12-33-13-11-32;2*1-19(14-21-6-4-3-5-7-21)31-20(2)27-29-16-22(17-30-27)24-8-9-26-25(24)15-23(18-28-26)32-10-12-33-13-11-32/h3-8,14,16-19,28H,2,9-13,15H2,1H3;2*3-8,15-19,31H,2,9-14H2,1H3/t3*19-/m110/s1. The van der Waals surface area contributed by atoms with Crippen molar-refractivity contribution < 1.29 is 14.2 Å². The van der Waals surface area contributed by atoms with Gasteiger partial charge in [-0.2, -0.15) is 0 Å². The topological polar surface area (TPSA) is 190 Å². The molecular weight excluding hydrogens is 1230 g/mol. The first-order valence-electron chi connectivity index (χ1n) is 34.5. The Kier molecular flexibility index (Phi) is 21.8. The van der Waals surface area contributed by atoms with E-state index in [0.717, 1.165) is 202 Å². The minimum absolute atomic E-state index is 0.234. The van der Waals surface area contributed by atoms with Gasteiger partial charge in [0.15, 0.2) is 17.5 Å². The van der Waals surface area contributed by atoms with Gasteiger partial charge >= 0.3 is 0 Å². The highest BCUT2D eigenvalue weighted by molar-refractivity contribution is 5.87. The van der Waals surface area contributed by atoms with Gasteiger partial charge in [-0.05, 0) is 84.2 Å². The summed E-state index contributed by atoms with van der Waals surface area (Å²) in [7, 11) is 0. The largest absolute Gasteiger partial charge is 0.382 e. The third kappa shape index (κ3) is 16.9. The van der Waals surface area contributed by atoms with Crippen LogP contribution in [0.5, 0.6) is 0 Å². The number of hydrogen-bond acceptors (Lipinski definition) is 18. The van der Waals surface area contributed by atoms with E-state index in [4.69, 9.17) is 29.2 Å². The second-order valence-corrected chi connectivity index (χ2v) is 25.8. The normalized spacial score (nSPS) is 16.2. The van der Waals surface area contributed by atoms with Gasteiger partial charge in [0.25, 0.3) is 0 Å². The molecule has 3 aliphatic carbocycles. The predicted octanol–water partition coefficient (Wildman–Crippen LogP) is 11.8. The lowest BCUT2D eigenvalue weighted by Gasteiger charge is -2.29. The Morgan fingerprint density at radius 2 is 0.717 bits per heavy atom. The molecule has 0 spiro atoms. The lowest BCUT2D eigenvalue weighted by molar-refractivity contribution is 0.122. The first kappa shape index (κ1) is 67.1. The van der Waals surface area contributed by atoms with Gasteiger partial charge in [0.1, 0.15) is 0 Å². The molecule has 3 atom stereocenters. The number of aromatic nitrogens is 9. The Morgan fingerprint density at radius 3 is 1.05 bits per heavy atom. The fourth-order valence-electron chi connectivity index (χ4n) is 13.2. The van der Waals surface area contributed by atoms with E-state index in [1.807, 2.05) is 74.0 Å². The number of nitrogens with zero attached hydrogens (tertiary/aromatic N) is 12. The van der Waals surface area contributed by atoms with Gasteiger partial charge in [-0.3, -0.25) is 15.0 Å². The molecule has 3 N–H and O–H groups in total. The van der Waals surface area contributed by atoms with Crippen LogP contribution in [-0.4, -0.2) is 142 Å². The lowest BCUT2D eigenvalue weighted by atomic mass is 10.0. The van der Waals surface area contributed by atoms with Crippen LogP contribution in [0.15, 0.2) is 203 Å². The lowest BCUT2D eigenvalue weighted by Crippen LogP contribution is -2.36. The molecule has 3 aliphatic heterocycles.